The SMILES string of the molecule is CCCCCCCC(=O)OCC(Cn1cc(CCC(=O)OCCOCCOCCOC)nn1)OC(=O)CCCCCCC. The summed E-state index contributed by atoms with van der Waals surface area (Å²) in [4.78, 5) is 36.8. The fourth-order valence-electron chi connectivity index (χ4n) is 4.10. The minimum Gasteiger partial charge on any atom is -0.463 e. The molecule has 1 aromatic heterocycles. The summed E-state index contributed by atoms with van der Waals surface area (Å²) in [6.45, 7) is 6.80. The Labute approximate surface area is 257 Å². The summed E-state index contributed by atoms with van der Waals surface area (Å²) in [5.41, 5.74) is 0.603. The summed E-state index contributed by atoms with van der Waals surface area (Å²) >= 11 is 0. The molecule has 1 rings (SSSR count). The van der Waals surface area contributed by atoms with E-state index in [4.69, 9.17) is 28.4 Å². The van der Waals surface area contributed by atoms with Crippen molar-refractivity contribution in [1.82, 2.24) is 15.0 Å². The van der Waals surface area contributed by atoms with Crippen molar-refractivity contribution < 1.29 is 42.8 Å². The zero-order chi connectivity index (χ0) is 31.4. The van der Waals surface area contributed by atoms with Crippen molar-refractivity contribution in [3.05, 3.63) is 11.9 Å². The van der Waals surface area contributed by atoms with Crippen molar-refractivity contribution in [2.45, 2.75) is 116 Å². The molecule has 12 nitrogen and oxygen atoms in total. The zero-order valence-corrected chi connectivity index (χ0v) is 26.7. The molecule has 248 valence electrons. The van der Waals surface area contributed by atoms with Gasteiger partial charge in [0.25, 0.3) is 0 Å². The van der Waals surface area contributed by atoms with Gasteiger partial charge in [0.1, 0.15) is 13.2 Å². The Morgan fingerprint density at radius 2 is 1.30 bits per heavy atom. The van der Waals surface area contributed by atoms with Crippen LogP contribution in [0.4, 0.5) is 0 Å². The number of aryl methyl sites for hydroxylation is 1. The maximum Gasteiger partial charge on any atom is 0.306 e. The summed E-state index contributed by atoms with van der Waals surface area (Å²) in [6, 6.07) is 0. The van der Waals surface area contributed by atoms with Crippen LogP contribution in [0.15, 0.2) is 6.20 Å². The maximum absolute atomic E-state index is 12.5. The number of methoxy groups -OCH3 is 1. The third-order valence-electron chi connectivity index (χ3n) is 6.55. The fraction of sp³-hybridized carbons (Fsp3) is 0.839. The van der Waals surface area contributed by atoms with Gasteiger partial charge in [-0.2, -0.15) is 0 Å². The van der Waals surface area contributed by atoms with Crippen molar-refractivity contribution in [2.24, 2.45) is 0 Å². The molecule has 0 aliphatic rings. The van der Waals surface area contributed by atoms with Crippen molar-refractivity contribution >= 4 is 17.9 Å². The predicted molar refractivity (Wildman–Crippen MR) is 160 cm³/mol. The van der Waals surface area contributed by atoms with Gasteiger partial charge < -0.3 is 28.4 Å². The van der Waals surface area contributed by atoms with Crippen molar-refractivity contribution in [3.63, 3.8) is 0 Å². The first kappa shape index (κ1) is 38.5. The Bertz CT molecular complexity index is 850. The van der Waals surface area contributed by atoms with Crippen LogP contribution in [0.2, 0.25) is 0 Å². The summed E-state index contributed by atoms with van der Waals surface area (Å²) in [6.07, 6.45) is 12.5. The highest BCUT2D eigenvalue weighted by atomic mass is 16.6. The highest BCUT2D eigenvalue weighted by molar-refractivity contribution is 5.70. The highest BCUT2D eigenvalue weighted by Gasteiger charge is 2.19. The predicted octanol–water partition coefficient (Wildman–Crippen LogP) is 4.61. The molecule has 0 aliphatic carbocycles. The Morgan fingerprint density at radius 1 is 0.721 bits per heavy atom. The zero-order valence-electron chi connectivity index (χ0n) is 26.7. The second kappa shape index (κ2) is 27.0. The quantitative estimate of drug-likeness (QED) is 0.0711. The van der Waals surface area contributed by atoms with Gasteiger partial charge in [0, 0.05) is 32.6 Å². The molecule has 12 heteroatoms. The molecular weight excluding hydrogens is 558 g/mol. The van der Waals surface area contributed by atoms with Gasteiger partial charge in [0.05, 0.1) is 51.7 Å². The van der Waals surface area contributed by atoms with Crippen LogP contribution < -0.4 is 0 Å². The van der Waals surface area contributed by atoms with Crippen LogP contribution in [0, 0.1) is 0 Å². The van der Waals surface area contributed by atoms with Crippen LogP contribution in [-0.4, -0.2) is 92.4 Å². The van der Waals surface area contributed by atoms with Gasteiger partial charge in [0.15, 0.2) is 6.10 Å². The molecule has 1 unspecified atom stereocenters. The van der Waals surface area contributed by atoms with Crippen LogP contribution in [0.3, 0.4) is 0 Å². The van der Waals surface area contributed by atoms with Crippen molar-refractivity contribution in [3.8, 4) is 0 Å². The first-order valence-electron chi connectivity index (χ1n) is 16.0. The summed E-state index contributed by atoms with van der Waals surface area (Å²) < 4.78 is 33.4. The van der Waals surface area contributed by atoms with Crippen molar-refractivity contribution in [2.75, 3.05) is 53.4 Å². The van der Waals surface area contributed by atoms with Crippen LogP contribution >= 0.6 is 0 Å². The van der Waals surface area contributed by atoms with Crippen LogP contribution in [0.1, 0.15) is 103 Å². The molecule has 0 aromatic carbocycles. The number of rotatable bonds is 29. The Morgan fingerprint density at radius 3 is 1.95 bits per heavy atom. The molecule has 0 saturated heterocycles. The number of esters is 3. The molecule has 43 heavy (non-hydrogen) atoms. The van der Waals surface area contributed by atoms with Crippen LogP contribution in [0.25, 0.3) is 0 Å². The highest BCUT2D eigenvalue weighted by Crippen LogP contribution is 2.10. The summed E-state index contributed by atoms with van der Waals surface area (Å²) in [5, 5.41) is 8.23. The van der Waals surface area contributed by atoms with Gasteiger partial charge in [-0.3, -0.25) is 14.4 Å². The van der Waals surface area contributed by atoms with E-state index in [-0.39, 0.29) is 50.7 Å². The second-order valence-corrected chi connectivity index (χ2v) is 10.5. The fourth-order valence-corrected chi connectivity index (χ4v) is 4.10. The minimum atomic E-state index is -0.683. The number of ether oxygens (including phenoxy) is 6. The van der Waals surface area contributed by atoms with Gasteiger partial charge in [-0.1, -0.05) is 70.4 Å². The van der Waals surface area contributed by atoms with E-state index in [9.17, 15) is 14.4 Å². The summed E-state index contributed by atoms with van der Waals surface area (Å²) in [5.74, 6) is -0.972. The Kier molecular flexibility index (Phi) is 24.2. The number of hydrogen-bond acceptors (Lipinski definition) is 11. The Hall–Kier alpha value is -2.57. The Balaban J connectivity index is 2.44. The smallest absolute Gasteiger partial charge is 0.306 e. The number of unbranched alkanes of at least 4 members (excludes halogenated alkanes) is 8. The average Bonchev–Trinajstić information content (AvgIpc) is 3.45. The first-order chi connectivity index (χ1) is 21.0. The maximum atomic E-state index is 12.5. The van der Waals surface area contributed by atoms with E-state index in [0.29, 0.717) is 51.4 Å². The lowest BCUT2D eigenvalue weighted by Gasteiger charge is -2.18. The largest absolute Gasteiger partial charge is 0.463 e. The molecule has 1 aromatic rings. The second-order valence-electron chi connectivity index (χ2n) is 10.5. The van der Waals surface area contributed by atoms with E-state index in [0.717, 1.165) is 64.2 Å². The topological polar surface area (TPSA) is 137 Å². The number of carbonyl (C=O) groups excluding carboxylic acids is 3. The van der Waals surface area contributed by atoms with Crippen LogP contribution in [-0.2, 0) is 55.8 Å². The van der Waals surface area contributed by atoms with Gasteiger partial charge in [0.2, 0.25) is 0 Å². The van der Waals surface area contributed by atoms with Gasteiger partial charge in [-0.05, 0) is 12.8 Å². The molecule has 0 radical (unpaired) electrons. The van der Waals surface area contributed by atoms with E-state index in [1.165, 1.54) is 0 Å². The third-order valence-corrected chi connectivity index (χ3v) is 6.55. The average molecular weight is 614 g/mol. The van der Waals surface area contributed by atoms with E-state index in [1.807, 2.05) is 0 Å². The lowest BCUT2D eigenvalue weighted by molar-refractivity contribution is -0.160. The molecule has 0 bridgehead atoms. The normalized spacial score (nSPS) is 11.8. The minimum absolute atomic E-state index is 0.0434. The lowest BCUT2D eigenvalue weighted by Crippen LogP contribution is -2.30. The monoisotopic (exact) mass is 613 g/mol. The van der Waals surface area contributed by atoms with E-state index in [1.54, 1.807) is 18.0 Å². The lowest BCUT2D eigenvalue weighted by atomic mass is 10.1. The van der Waals surface area contributed by atoms with E-state index >= 15 is 0 Å². The van der Waals surface area contributed by atoms with E-state index < -0.39 is 6.10 Å². The molecule has 0 spiro atoms. The standard InChI is InChI=1S/C31H55N3O9/c1-4-6-8-10-12-14-29(35)42-26-28(43-31(37)15-13-11-9-7-5-2)25-34-24-27(32-33-34)16-17-30(36)41-23-22-40-21-20-39-19-18-38-3/h24,28H,4-23,25-26H2,1-3H3. The summed E-state index contributed by atoms with van der Waals surface area (Å²) in [7, 11) is 1.61. The molecule has 0 saturated carbocycles. The molecule has 0 amide bonds. The molecule has 1 heterocycles. The molecule has 0 N–H and O–H groups in total. The molecule has 1 atom stereocenters. The molecular formula is C31H55N3O9. The number of hydrogen-bond donors (Lipinski definition) is 0. The molecule has 0 fully saturated rings. The molecule has 0 aliphatic heterocycles. The van der Waals surface area contributed by atoms with Crippen molar-refractivity contribution in [1.29, 1.82) is 0 Å². The first-order valence-corrected chi connectivity index (χ1v) is 16.0. The third kappa shape index (κ3) is 22.6. The number of carbonyl (C=O) groups is 3. The van der Waals surface area contributed by atoms with Gasteiger partial charge >= 0.3 is 17.9 Å². The van der Waals surface area contributed by atoms with Gasteiger partial charge in [-0.15, -0.1) is 5.10 Å². The van der Waals surface area contributed by atoms with Crippen LogP contribution in [0.5, 0.6) is 0 Å². The number of nitrogens with zero attached hydrogens (tertiary/aromatic N) is 3. The number of aromatic nitrogens is 3. The van der Waals surface area contributed by atoms with E-state index in [2.05, 4.69) is 24.2 Å². The van der Waals surface area contributed by atoms with Gasteiger partial charge in [-0.25, -0.2) is 4.68 Å².